The Morgan fingerprint density at radius 1 is 1.29 bits per heavy atom. The number of ether oxygens (including phenoxy) is 1. The van der Waals surface area contributed by atoms with Gasteiger partial charge in [0.1, 0.15) is 6.10 Å². The summed E-state index contributed by atoms with van der Waals surface area (Å²) in [5, 5.41) is 13.4. The quantitative estimate of drug-likeness (QED) is 0.803. The number of pyridine rings is 1. The van der Waals surface area contributed by atoms with E-state index in [0.29, 0.717) is 18.5 Å². The molecule has 1 saturated heterocycles. The zero-order valence-corrected chi connectivity index (χ0v) is 13.1. The van der Waals surface area contributed by atoms with E-state index in [4.69, 9.17) is 4.74 Å². The molecule has 0 atom stereocenters. The van der Waals surface area contributed by atoms with Gasteiger partial charge in [-0.1, -0.05) is 6.07 Å². The van der Waals surface area contributed by atoms with Crippen LogP contribution in [0.1, 0.15) is 46.2 Å². The Morgan fingerprint density at radius 2 is 1.90 bits per heavy atom. The van der Waals surface area contributed by atoms with Gasteiger partial charge in [0.05, 0.1) is 12.1 Å². The standard InChI is InChI=1S/C16H23N2O3/c1-15(2)10-13(11-16(3,4)18(15)20)21-14(19)9-12-7-5-6-8-17-12/h5-8,13H,9-11H2,1-4H3. The molecule has 2 heterocycles. The molecule has 0 aliphatic carbocycles. The van der Waals surface area contributed by atoms with Crippen molar-refractivity contribution in [3.8, 4) is 0 Å². The maximum atomic E-state index is 12.3. The predicted octanol–water partition coefficient (Wildman–Crippen LogP) is 2.53. The van der Waals surface area contributed by atoms with E-state index in [1.54, 1.807) is 12.3 Å². The minimum absolute atomic E-state index is 0.166. The number of carbonyl (C=O) groups excluding carboxylic acids is 1. The first-order chi connectivity index (χ1) is 9.71. The first kappa shape index (κ1) is 15.9. The van der Waals surface area contributed by atoms with Crippen molar-refractivity contribution in [1.29, 1.82) is 0 Å². The molecule has 1 aliphatic rings. The third-order valence-corrected chi connectivity index (χ3v) is 3.90. The number of aromatic nitrogens is 1. The molecule has 0 spiro atoms. The van der Waals surface area contributed by atoms with E-state index < -0.39 is 11.1 Å². The van der Waals surface area contributed by atoms with Crippen LogP contribution in [0.25, 0.3) is 0 Å². The van der Waals surface area contributed by atoms with Gasteiger partial charge in [0.15, 0.2) is 0 Å². The van der Waals surface area contributed by atoms with E-state index in [1.165, 1.54) is 0 Å². The van der Waals surface area contributed by atoms with Crippen molar-refractivity contribution < 1.29 is 14.7 Å². The van der Waals surface area contributed by atoms with Crippen molar-refractivity contribution in [2.45, 2.75) is 64.1 Å². The molecule has 1 aromatic rings. The van der Waals surface area contributed by atoms with Crippen molar-refractivity contribution >= 4 is 5.97 Å². The van der Waals surface area contributed by atoms with E-state index in [1.807, 2.05) is 39.8 Å². The van der Waals surface area contributed by atoms with E-state index >= 15 is 0 Å². The van der Waals surface area contributed by atoms with Crippen LogP contribution in [0.3, 0.4) is 0 Å². The normalized spacial score (nSPS) is 22.0. The molecule has 0 unspecified atom stereocenters. The second-order valence-electron chi connectivity index (χ2n) is 6.94. The molecule has 5 nitrogen and oxygen atoms in total. The van der Waals surface area contributed by atoms with Crippen LogP contribution in [0.15, 0.2) is 24.4 Å². The van der Waals surface area contributed by atoms with Crippen molar-refractivity contribution in [1.82, 2.24) is 10.0 Å². The van der Waals surface area contributed by atoms with Gasteiger partial charge in [-0.2, -0.15) is 0 Å². The van der Waals surface area contributed by atoms with E-state index in [-0.39, 0.29) is 18.5 Å². The average molecular weight is 291 g/mol. The average Bonchev–Trinajstić information content (AvgIpc) is 2.36. The predicted molar refractivity (Wildman–Crippen MR) is 77.7 cm³/mol. The maximum Gasteiger partial charge on any atom is 0.312 e. The van der Waals surface area contributed by atoms with Gasteiger partial charge >= 0.3 is 5.97 Å². The summed E-state index contributed by atoms with van der Waals surface area (Å²) < 4.78 is 5.57. The minimum Gasteiger partial charge on any atom is -0.462 e. The summed E-state index contributed by atoms with van der Waals surface area (Å²) in [6.07, 6.45) is 2.70. The minimum atomic E-state index is -0.530. The molecule has 0 saturated carbocycles. The fourth-order valence-corrected chi connectivity index (χ4v) is 3.13. The second kappa shape index (κ2) is 5.73. The van der Waals surface area contributed by atoms with Gasteiger partial charge in [-0.05, 0) is 39.8 Å². The van der Waals surface area contributed by atoms with Crippen molar-refractivity contribution in [3.05, 3.63) is 30.1 Å². The van der Waals surface area contributed by atoms with E-state index in [9.17, 15) is 10.0 Å². The lowest BCUT2D eigenvalue weighted by Gasteiger charge is -2.49. The number of hydrogen-bond donors (Lipinski definition) is 0. The number of hydrogen-bond acceptors (Lipinski definition) is 4. The molecule has 0 N–H and O–H groups in total. The largest absolute Gasteiger partial charge is 0.462 e. The topological polar surface area (TPSA) is 62.3 Å². The van der Waals surface area contributed by atoms with Gasteiger partial charge in [-0.3, -0.25) is 9.78 Å². The molecule has 115 valence electrons. The molecule has 1 fully saturated rings. The van der Waals surface area contributed by atoms with Crippen LogP contribution in [-0.4, -0.2) is 33.2 Å². The zero-order valence-electron chi connectivity index (χ0n) is 13.1. The molecule has 1 aromatic heterocycles. The maximum absolute atomic E-state index is 12.3. The number of hydroxylamine groups is 2. The highest BCUT2D eigenvalue weighted by Gasteiger charge is 2.47. The van der Waals surface area contributed by atoms with Crippen molar-refractivity contribution in [2.75, 3.05) is 0 Å². The summed E-state index contributed by atoms with van der Waals surface area (Å²) in [6, 6.07) is 5.46. The number of nitrogens with zero attached hydrogens (tertiary/aromatic N) is 2. The van der Waals surface area contributed by atoms with Crippen LogP contribution in [-0.2, 0) is 21.2 Å². The number of piperidine rings is 1. The molecule has 21 heavy (non-hydrogen) atoms. The SMILES string of the molecule is CC1(C)CC(OC(=O)Cc2ccccn2)CC(C)(C)N1[O]. The van der Waals surface area contributed by atoms with Gasteiger partial charge in [0.2, 0.25) is 0 Å². The fraction of sp³-hybridized carbons (Fsp3) is 0.625. The van der Waals surface area contributed by atoms with Crippen LogP contribution < -0.4 is 0 Å². The summed E-state index contributed by atoms with van der Waals surface area (Å²) in [5.41, 5.74) is -0.364. The Labute approximate surface area is 125 Å². The molecule has 5 heteroatoms. The molecular weight excluding hydrogens is 268 g/mol. The van der Waals surface area contributed by atoms with Crippen LogP contribution >= 0.6 is 0 Å². The number of rotatable bonds is 3. The zero-order chi connectivity index (χ0) is 15.7. The summed E-state index contributed by atoms with van der Waals surface area (Å²) in [7, 11) is 0. The Morgan fingerprint density at radius 3 is 2.43 bits per heavy atom. The van der Waals surface area contributed by atoms with Gasteiger partial charge in [0, 0.05) is 30.1 Å². The summed E-state index contributed by atoms with van der Waals surface area (Å²) in [6.45, 7) is 7.56. The highest BCUT2D eigenvalue weighted by atomic mass is 16.5. The smallest absolute Gasteiger partial charge is 0.312 e. The lowest BCUT2D eigenvalue weighted by molar-refractivity contribution is -0.299. The van der Waals surface area contributed by atoms with Gasteiger partial charge in [-0.25, -0.2) is 0 Å². The van der Waals surface area contributed by atoms with E-state index in [0.717, 1.165) is 5.06 Å². The summed E-state index contributed by atoms with van der Waals surface area (Å²) in [5.74, 6) is -0.287. The van der Waals surface area contributed by atoms with Crippen molar-refractivity contribution in [3.63, 3.8) is 0 Å². The highest BCUT2D eigenvalue weighted by molar-refractivity contribution is 5.72. The first-order valence-corrected chi connectivity index (χ1v) is 7.27. The third kappa shape index (κ3) is 3.80. The Kier molecular flexibility index (Phi) is 4.35. The highest BCUT2D eigenvalue weighted by Crippen LogP contribution is 2.38. The Bertz CT molecular complexity index is 482. The molecule has 0 amide bonds. The van der Waals surface area contributed by atoms with Crippen molar-refractivity contribution in [2.24, 2.45) is 0 Å². The van der Waals surface area contributed by atoms with Gasteiger partial charge in [0.25, 0.3) is 0 Å². The summed E-state index contributed by atoms with van der Waals surface area (Å²) in [4.78, 5) is 16.2. The van der Waals surface area contributed by atoms with Crippen LogP contribution in [0.2, 0.25) is 0 Å². The summed E-state index contributed by atoms with van der Waals surface area (Å²) >= 11 is 0. The first-order valence-electron chi connectivity index (χ1n) is 7.27. The lowest BCUT2D eigenvalue weighted by atomic mass is 9.80. The number of carbonyl (C=O) groups is 1. The third-order valence-electron chi connectivity index (χ3n) is 3.90. The molecule has 1 radical (unpaired) electrons. The molecule has 0 bridgehead atoms. The number of esters is 1. The molecule has 0 aromatic carbocycles. The lowest BCUT2D eigenvalue weighted by Crippen LogP contribution is -2.60. The molecular formula is C16H23N2O3. The Balaban J connectivity index is 1.98. The van der Waals surface area contributed by atoms with Gasteiger partial charge < -0.3 is 4.74 Å². The van der Waals surface area contributed by atoms with Crippen LogP contribution in [0.5, 0.6) is 0 Å². The fourth-order valence-electron chi connectivity index (χ4n) is 3.13. The monoisotopic (exact) mass is 291 g/mol. The molecule has 1 aliphatic heterocycles. The Hall–Kier alpha value is -1.46. The molecule has 2 rings (SSSR count). The van der Waals surface area contributed by atoms with Crippen LogP contribution in [0, 0.1) is 0 Å². The second-order valence-corrected chi connectivity index (χ2v) is 6.94. The van der Waals surface area contributed by atoms with E-state index in [2.05, 4.69) is 4.98 Å². The van der Waals surface area contributed by atoms with Crippen LogP contribution in [0.4, 0.5) is 0 Å². The van der Waals surface area contributed by atoms with Gasteiger partial charge in [-0.15, -0.1) is 10.3 Å².